The van der Waals surface area contributed by atoms with Crippen LogP contribution in [0.2, 0.25) is 5.02 Å². The molecule has 0 bridgehead atoms. The minimum absolute atomic E-state index is 0.150. The second kappa shape index (κ2) is 8.03. The molecule has 0 fully saturated rings. The third kappa shape index (κ3) is 4.94. The van der Waals surface area contributed by atoms with Crippen molar-refractivity contribution < 1.29 is 13.3 Å². The van der Waals surface area contributed by atoms with E-state index in [2.05, 4.69) is 10.0 Å². The van der Waals surface area contributed by atoms with Gasteiger partial charge in [-0.2, -0.15) is 0 Å². The first-order valence-electron chi connectivity index (χ1n) is 7.93. The Labute approximate surface area is 157 Å². The molecule has 2 rings (SSSR count). The average Bonchev–Trinajstić information content (AvgIpc) is 2.54. The summed E-state index contributed by atoms with van der Waals surface area (Å²) >= 11 is 5.87. The van der Waals surface area contributed by atoms with Gasteiger partial charge in [0.25, 0.3) is 5.69 Å². The van der Waals surface area contributed by atoms with Crippen molar-refractivity contribution in [3.05, 3.63) is 63.2 Å². The summed E-state index contributed by atoms with van der Waals surface area (Å²) in [6.07, 6.45) is 0. The molecule has 1 atom stereocenters. The predicted octanol–water partition coefficient (Wildman–Crippen LogP) is 4.11. The summed E-state index contributed by atoms with van der Waals surface area (Å²) in [6, 6.07) is 10.3. The molecule has 0 saturated heterocycles. The number of nitrogens with zero attached hydrogens (tertiary/aromatic N) is 1. The van der Waals surface area contributed by atoms with Gasteiger partial charge in [0.05, 0.1) is 9.82 Å². The van der Waals surface area contributed by atoms with Crippen LogP contribution in [0.3, 0.4) is 0 Å². The fourth-order valence-electron chi connectivity index (χ4n) is 2.40. The fraction of sp³-hybridized carbons (Fsp3) is 0.294. The van der Waals surface area contributed by atoms with Gasteiger partial charge in [-0.05, 0) is 50.6 Å². The number of hydrogen-bond donors (Lipinski definition) is 2. The molecular weight excluding hydrogens is 378 g/mol. The van der Waals surface area contributed by atoms with Crippen LogP contribution in [0.5, 0.6) is 0 Å². The summed E-state index contributed by atoms with van der Waals surface area (Å²) in [5.41, 5.74) is 0.820. The van der Waals surface area contributed by atoms with Gasteiger partial charge in [-0.15, -0.1) is 0 Å². The molecule has 0 spiro atoms. The van der Waals surface area contributed by atoms with Gasteiger partial charge >= 0.3 is 0 Å². The number of anilines is 1. The summed E-state index contributed by atoms with van der Waals surface area (Å²) in [7, 11) is -3.81. The van der Waals surface area contributed by atoms with Crippen LogP contribution in [0.25, 0.3) is 0 Å². The van der Waals surface area contributed by atoms with Crippen LogP contribution in [-0.4, -0.2) is 19.4 Å². The highest BCUT2D eigenvalue weighted by Gasteiger charge is 2.23. The molecule has 0 heterocycles. The Morgan fingerprint density at radius 2 is 1.69 bits per heavy atom. The smallest absolute Gasteiger partial charge is 0.293 e. The Balaban J connectivity index is 2.34. The number of nitro benzene ring substituents is 1. The molecule has 26 heavy (non-hydrogen) atoms. The highest BCUT2D eigenvalue weighted by molar-refractivity contribution is 7.89. The summed E-state index contributed by atoms with van der Waals surface area (Å²) in [6.45, 7) is 5.20. The van der Waals surface area contributed by atoms with E-state index in [9.17, 15) is 18.5 Å². The van der Waals surface area contributed by atoms with Crippen molar-refractivity contribution in [1.29, 1.82) is 0 Å². The van der Waals surface area contributed by atoms with E-state index < -0.39 is 14.9 Å². The molecular formula is C17H20ClN3O4S. The number of hydrogen-bond acceptors (Lipinski definition) is 5. The molecule has 0 radical (unpaired) electrons. The molecule has 2 N–H and O–H groups in total. The van der Waals surface area contributed by atoms with Crippen molar-refractivity contribution >= 4 is 33.0 Å². The van der Waals surface area contributed by atoms with E-state index >= 15 is 0 Å². The molecule has 2 aromatic rings. The van der Waals surface area contributed by atoms with Gasteiger partial charge in [0.15, 0.2) is 0 Å². The maximum absolute atomic E-state index is 12.2. The topological polar surface area (TPSA) is 101 Å². The van der Waals surface area contributed by atoms with E-state index in [-0.39, 0.29) is 28.4 Å². The molecule has 2 aromatic carbocycles. The summed E-state index contributed by atoms with van der Waals surface area (Å²) in [4.78, 5) is 10.7. The minimum atomic E-state index is -3.81. The number of nitrogens with one attached hydrogen (secondary N) is 2. The van der Waals surface area contributed by atoms with Gasteiger partial charge in [0, 0.05) is 23.2 Å². The Hall–Kier alpha value is -2.16. The first-order valence-corrected chi connectivity index (χ1v) is 9.79. The number of rotatable bonds is 7. The third-order valence-electron chi connectivity index (χ3n) is 3.61. The molecule has 140 valence electrons. The summed E-state index contributed by atoms with van der Waals surface area (Å²) in [5.74, 6) is 0. The van der Waals surface area contributed by atoms with Crippen LogP contribution >= 0.6 is 11.6 Å². The van der Waals surface area contributed by atoms with Gasteiger partial charge in [0.1, 0.15) is 5.69 Å². The Morgan fingerprint density at radius 3 is 2.23 bits per heavy atom. The van der Waals surface area contributed by atoms with E-state index in [0.717, 1.165) is 11.6 Å². The van der Waals surface area contributed by atoms with Gasteiger partial charge < -0.3 is 5.32 Å². The van der Waals surface area contributed by atoms with Crippen molar-refractivity contribution in [2.24, 2.45) is 0 Å². The first-order chi connectivity index (χ1) is 12.1. The van der Waals surface area contributed by atoms with Gasteiger partial charge in [-0.3, -0.25) is 10.1 Å². The Kier molecular flexibility index (Phi) is 6.22. The summed E-state index contributed by atoms with van der Waals surface area (Å²) in [5, 5.41) is 15.1. The lowest BCUT2D eigenvalue weighted by Gasteiger charge is -2.16. The summed E-state index contributed by atoms with van der Waals surface area (Å²) < 4.78 is 26.9. The predicted molar refractivity (Wildman–Crippen MR) is 102 cm³/mol. The van der Waals surface area contributed by atoms with Crippen LogP contribution < -0.4 is 10.0 Å². The molecule has 0 unspecified atom stereocenters. The van der Waals surface area contributed by atoms with E-state index in [1.807, 2.05) is 19.1 Å². The molecule has 0 saturated carbocycles. The van der Waals surface area contributed by atoms with Crippen LogP contribution in [0.1, 0.15) is 32.4 Å². The number of sulfonamides is 1. The van der Waals surface area contributed by atoms with Crippen molar-refractivity contribution in [3.8, 4) is 0 Å². The molecule has 0 aliphatic carbocycles. The molecule has 0 aromatic heterocycles. The van der Waals surface area contributed by atoms with Gasteiger partial charge in [-0.1, -0.05) is 23.7 Å². The quantitative estimate of drug-likeness (QED) is 0.540. The van der Waals surface area contributed by atoms with Crippen LogP contribution in [0, 0.1) is 10.1 Å². The molecule has 0 amide bonds. The highest BCUT2D eigenvalue weighted by Crippen LogP contribution is 2.31. The monoisotopic (exact) mass is 397 g/mol. The second-order valence-corrected chi connectivity index (χ2v) is 8.28. The van der Waals surface area contributed by atoms with Crippen LogP contribution in [0.4, 0.5) is 11.4 Å². The Bertz CT molecular complexity index is 899. The first kappa shape index (κ1) is 20.2. The maximum Gasteiger partial charge on any atom is 0.293 e. The number of nitro groups is 1. The number of halogens is 1. The minimum Gasteiger partial charge on any atom is -0.373 e. The third-order valence-corrected chi connectivity index (χ3v) is 5.52. The lowest BCUT2D eigenvalue weighted by atomic mass is 10.1. The lowest BCUT2D eigenvalue weighted by Crippen LogP contribution is -2.30. The van der Waals surface area contributed by atoms with Crippen molar-refractivity contribution in [2.45, 2.75) is 37.8 Å². The maximum atomic E-state index is 12.2. The zero-order valence-corrected chi connectivity index (χ0v) is 16.1. The highest BCUT2D eigenvalue weighted by atomic mass is 35.5. The largest absolute Gasteiger partial charge is 0.373 e. The SMILES string of the molecule is CC(C)NS(=O)(=O)c1ccc(N[C@H](C)c2ccc(Cl)cc2)c([N+](=O)[O-])c1. The van der Waals surface area contributed by atoms with Gasteiger partial charge in [-0.25, -0.2) is 13.1 Å². The molecule has 7 nitrogen and oxygen atoms in total. The Morgan fingerprint density at radius 1 is 1.08 bits per heavy atom. The zero-order valence-electron chi connectivity index (χ0n) is 14.6. The van der Waals surface area contributed by atoms with E-state index in [1.54, 1.807) is 26.0 Å². The zero-order chi connectivity index (χ0) is 19.5. The molecule has 0 aliphatic rings. The van der Waals surface area contributed by atoms with E-state index in [0.29, 0.717) is 5.02 Å². The number of benzene rings is 2. The van der Waals surface area contributed by atoms with Crippen LogP contribution in [-0.2, 0) is 10.0 Å². The molecule has 0 aliphatic heterocycles. The standard InChI is InChI=1S/C17H20ClN3O4S/c1-11(2)20-26(24,25)15-8-9-16(17(10-15)21(22)23)19-12(3)13-4-6-14(18)7-5-13/h4-12,19-20H,1-3H3/t12-/m1/s1. The average molecular weight is 398 g/mol. The normalized spacial score (nSPS) is 12.8. The van der Waals surface area contributed by atoms with E-state index in [1.165, 1.54) is 12.1 Å². The fourth-order valence-corrected chi connectivity index (χ4v) is 3.79. The van der Waals surface area contributed by atoms with Crippen LogP contribution in [0.15, 0.2) is 47.4 Å². The van der Waals surface area contributed by atoms with Crippen molar-refractivity contribution in [1.82, 2.24) is 4.72 Å². The van der Waals surface area contributed by atoms with Crippen molar-refractivity contribution in [3.63, 3.8) is 0 Å². The van der Waals surface area contributed by atoms with E-state index in [4.69, 9.17) is 11.6 Å². The second-order valence-electron chi connectivity index (χ2n) is 6.13. The molecule has 9 heteroatoms. The van der Waals surface area contributed by atoms with Crippen molar-refractivity contribution in [2.75, 3.05) is 5.32 Å². The van der Waals surface area contributed by atoms with Gasteiger partial charge in [0.2, 0.25) is 10.0 Å². The lowest BCUT2D eigenvalue weighted by molar-refractivity contribution is -0.384.